The Morgan fingerprint density at radius 2 is 1.85 bits per heavy atom. The summed E-state index contributed by atoms with van der Waals surface area (Å²) in [6.07, 6.45) is 0. The van der Waals surface area contributed by atoms with E-state index in [9.17, 15) is 28.0 Å². The maximum Gasteiger partial charge on any atom is 0.325 e. The van der Waals surface area contributed by atoms with Gasteiger partial charge in [0.15, 0.2) is 0 Å². The van der Waals surface area contributed by atoms with E-state index < -0.39 is 53.1 Å². The van der Waals surface area contributed by atoms with Gasteiger partial charge in [-0.3, -0.25) is 19.8 Å². The van der Waals surface area contributed by atoms with Crippen LogP contribution in [0.25, 0.3) is 0 Å². The normalized spacial score (nSPS) is 19.7. The van der Waals surface area contributed by atoms with Crippen molar-refractivity contribution in [2.45, 2.75) is 38.8 Å². The lowest BCUT2D eigenvalue weighted by Gasteiger charge is -2.23. The highest BCUT2D eigenvalue weighted by Crippen LogP contribution is 2.31. The zero-order chi connectivity index (χ0) is 20.6. The van der Waals surface area contributed by atoms with Crippen molar-refractivity contribution in [1.82, 2.24) is 20.9 Å². The van der Waals surface area contributed by atoms with Crippen LogP contribution in [0.2, 0.25) is 0 Å². The Kier molecular flexibility index (Phi) is 5.21. The molecule has 1 heterocycles. The van der Waals surface area contributed by atoms with Gasteiger partial charge in [-0.15, -0.1) is 0 Å². The van der Waals surface area contributed by atoms with Gasteiger partial charge < -0.3 is 10.6 Å². The summed E-state index contributed by atoms with van der Waals surface area (Å²) in [5.74, 6) is -3.53. The summed E-state index contributed by atoms with van der Waals surface area (Å²) in [4.78, 5) is 48.9. The third kappa shape index (κ3) is 4.39. The maximum atomic E-state index is 14.1. The van der Waals surface area contributed by atoms with Crippen LogP contribution in [0, 0.1) is 11.6 Å². The molecule has 1 aromatic carbocycles. The van der Waals surface area contributed by atoms with Gasteiger partial charge in [0.25, 0.3) is 5.91 Å². The number of rotatable bonds is 3. The Hall–Kier alpha value is -3.04. The van der Waals surface area contributed by atoms with E-state index in [1.165, 1.54) is 6.92 Å². The van der Waals surface area contributed by atoms with Gasteiger partial charge in [-0.2, -0.15) is 0 Å². The van der Waals surface area contributed by atoms with E-state index in [4.69, 9.17) is 0 Å². The highest BCUT2D eigenvalue weighted by molar-refractivity contribution is 6.10. The summed E-state index contributed by atoms with van der Waals surface area (Å²) in [6.45, 7) is 5.55. The van der Waals surface area contributed by atoms with Gasteiger partial charge in [0, 0.05) is 11.1 Å². The molecule has 10 heteroatoms. The Morgan fingerprint density at radius 1 is 1.22 bits per heavy atom. The molecule has 1 aliphatic rings. The minimum atomic E-state index is -1.88. The number of amides is 6. The van der Waals surface area contributed by atoms with Crippen LogP contribution in [0.3, 0.4) is 0 Å². The van der Waals surface area contributed by atoms with Crippen molar-refractivity contribution >= 4 is 23.9 Å². The molecule has 0 saturated carbocycles. The predicted octanol–water partition coefficient (Wildman–Crippen LogP) is 1.36. The van der Waals surface area contributed by atoms with E-state index >= 15 is 0 Å². The molecule has 6 amide bonds. The lowest BCUT2D eigenvalue weighted by molar-refractivity contribution is -0.134. The summed E-state index contributed by atoms with van der Waals surface area (Å²) < 4.78 is 27.5. The van der Waals surface area contributed by atoms with Crippen molar-refractivity contribution in [3.8, 4) is 0 Å². The Labute approximate surface area is 154 Å². The molecule has 0 aliphatic carbocycles. The quantitative estimate of drug-likeness (QED) is 0.686. The van der Waals surface area contributed by atoms with Crippen molar-refractivity contribution in [3.05, 3.63) is 35.4 Å². The number of hydrogen-bond acceptors (Lipinski definition) is 4. The van der Waals surface area contributed by atoms with Gasteiger partial charge in [0.1, 0.15) is 23.7 Å². The fourth-order valence-electron chi connectivity index (χ4n) is 2.59. The number of nitrogens with zero attached hydrogens (tertiary/aromatic N) is 1. The van der Waals surface area contributed by atoms with Gasteiger partial charge >= 0.3 is 12.1 Å². The Morgan fingerprint density at radius 3 is 2.44 bits per heavy atom. The number of carbonyl (C=O) groups excluding carboxylic acids is 4. The molecule has 27 heavy (non-hydrogen) atoms. The van der Waals surface area contributed by atoms with Crippen molar-refractivity contribution in [3.63, 3.8) is 0 Å². The second-order valence-corrected chi connectivity index (χ2v) is 7.32. The number of benzene rings is 1. The van der Waals surface area contributed by atoms with Crippen LogP contribution < -0.4 is 16.0 Å². The molecule has 0 spiro atoms. The molecule has 8 nitrogen and oxygen atoms in total. The van der Waals surface area contributed by atoms with E-state index in [2.05, 4.69) is 10.6 Å². The molecule has 0 unspecified atom stereocenters. The van der Waals surface area contributed by atoms with E-state index in [-0.39, 0.29) is 5.56 Å². The van der Waals surface area contributed by atoms with Crippen LogP contribution in [0.1, 0.15) is 33.3 Å². The fourth-order valence-corrected chi connectivity index (χ4v) is 2.59. The topological polar surface area (TPSA) is 108 Å². The molecular formula is C17H20F2N4O4. The second-order valence-electron chi connectivity index (χ2n) is 7.32. The lowest BCUT2D eigenvalue weighted by Crippen LogP contribution is -2.51. The molecule has 146 valence electrons. The number of carbonyl (C=O) groups is 4. The average Bonchev–Trinajstić information content (AvgIpc) is 2.72. The van der Waals surface area contributed by atoms with Crippen molar-refractivity contribution in [1.29, 1.82) is 0 Å². The Balaban J connectivity index is 2.15. The number of urea groups is 2. The molecule has 3 N–H and O–H groups in total. The molecule has 1 fully saturated rings. The van der Waals surface area contributed by atoms with Gasteiger partial charge in [-0.1, -0.05) is 0 Å². The molecule has 0 aromatic heterocycles. The zero-order valence-electron chi connectivity index (χ0n) is 15.3. The van der Waals surface area contributed by atoms with Crippen molar-refractivity contribution in [2.75, 3.05) is 6.54 Å². The molecule has 0 bridgehead atoms. The second kappa shape index (κ2) is 6.93. The van der Waals surface area contributed by atoms with Crippen LogP contribution in [0.4, 0.5) is 18.4 Å². The Bertz CT molecular complexity index is 822. The van der Waals surface area contributed by atoms with E-state index in [1.54, 1.807) is 20.8 Å². The average molecular weight is 382 g/mol. The zero-order valence-corrected chi connectivity index (χ0v) is 15.3. The van der Waals surface area contributed by atoms with Crippen LogP contribution >= 0.6 is 0 Å². The molecular weight excluding hydrogens is 362 g/mol. The van der Waals surface area contributed by atoms with Gasteiger partial charge in [0.2, 0.25) is 5.91 Å². The third-order valence-corrected chi connectivity index (χ3v) is 3.79. The molecule has 0 radical (unpaired) electrons. The van der Waals surface area contributed by atoms with Crippen LogP contribution in [0.5, 0.6) is 0 Å². The summed E-state index contributed by atoms with van der Waals surface area (Å²) in [5.41, 5.74) is -2.84. The minimum Gasteiger partial charge on any atom is -0.333 e. The standard InChI is InChI=1S/C17H20F2N4O4/c1-16(2,3)21-14(26)20-12(24)8-23-13(25)17(4,22-15(23)27)10-7-9(18)5-6-11(10)19/h5-7H,8H2,1-4H3,(H,22,27)(H2,20,21,24,26)/t17-/m0/s1. The van der Waals surface area contributed by atoms with Crippen molar-refractivity contribution in [2.24, 2.45) is 0 Å². The first-order chi connectivity index (χ1) is 12.3. The first-order valence-electron chi connectivity index (χ1n) is 8.05. The number of hydrogen-bond donors (Lipinski definition) is 3. The highest BCUT2D eigenvalue weighted by Gasteiger charge is 2.50. The van der Waals surface area contributed by atoms with E-state index in [1.807, 2.05) is 5.32 Å². The van der Waals surface area contributed by atoms with Crippen LogP contribution in [0.15, 0.2) is 18.2 Å². The third-order valence-electron chi connectivity index (χ3n) is 3.79. The molecule has 2 rings (SSSR count). The lowest BCUT2D eigenvalue weighted by atomic mass is 9.91. The molecule has 1 aliphatic heterocycles. The summed E-state index contributed by atoms with van der Waals surface area (Å²) in [5, 5.41) is 6.74. The molecule has 1 atom stereocenters. The first kappa shape index (κ1) is 20.3. The fraction of sp³-hybridized carbons (Fsp3) is 0.412. The van der Waals surface area contributed by atoms with Crippen molar-refractivity contribution < 1.29 is 28.0 Å². The van der Waals surface area contributed by atoms with Gasteiger partial charge in [-0.25, -0.2) is 18.4 Å². The van der Waals surface area contributed by atoms with Gasteiger partial charge in [-0.05, 0) is 45.9 Å². The smallest absolute Gasteiger partial charge is 0.325 e. The van der Waals surface area contributed by atoms with Crippen LogP contribution in [-0.4, -0.2) is 40.9 Å². The van der Waals surface area contributed by atoms with Crippen LogP contribution in [-0.2, 0) is 15.1 Å². The monoisotopic (exact) mass is 382 g/mol. The first-order valence-corrected chi connectivity index (χ1v) is 8.05. The van der Waals surface area contributed by atoms with E-state index in [0.717, 1.165) is 18.2 Å². The predicted molar refractivity (Wildman–Crippen MR) is 90.4 cm³/mol. The summed E-state index contributed by atoms with van der Waals surface area (Å²) >= 11 is 0. The molecule has 1 aromatic rings. The minimum absolute atomic E-state index is 0.366. The number of nitrogens with one attached hydrogen (secondary N) is 3. The number of halogens is 2. The largest absolute Gasteiger partial charge is 0.333 e. The maximum absolute atomic E-state index is 14.1. The van der Waals surface area contributed by atoms with Gasteiger partial charge in [0.05, 0.1) is 0 Å². The van der Waals surface area contributed by atoms with E-state index in [0.29, 0.717) is 4.90 Å². The molecule has 1 saturated heterocycles. The SMILES string of the molecule is CC(C)(C)NC(=O)NC(=O)CN1C(=O)N[C@@](C)(c2cc(F)ccc2F)C1=O. The summed E-state index contributed by atoms with van der Waals surface area (Å²) in [7, 11) is 0. The number of imide groups is 2. The highest BCUT2D eigenvalue weighted by atomic mass is 19.1. The summed E-state index contributed by atoms with van der Waals surface area (Å²) in [6, 6.07) is 0.758.